The summed E-state index contributed by atoms with van der Waals surface area (Å²) in [6.45, 7) is 23.6. The van der Waals surface area contributed by atoms with Gasteiger partial charge in [-0.25, -0.2) is 4.79 Å². The number of unbranched alkanes of at least 4 members (excludes halogenated alkanes) is 1. The van der Waals surface area contributed by atoms with Gasteiger partial charge >= 0.3 is 11.9 Å². The predicted octanol–water partition coefficient (Wildman–Crippen LogP) is 9.06. The zero-order chi connectivity index (χ0) is 58.1. The number of carbonyl (C=O) groups excluding carboxylic acids is 6. The van der Waals surface area contributed by atoms with Crippen LogP contribution in [0.4, 0.5) is 5.69 Å². The SMILES string of the molecule is C=C(C)[C@@H](C)Cc1ccc(N(CCC[C@H](CC(=O)[C@@H](C)CCC(=O)O)C(=O)CC(CCC)C(=O)N[C@@H](CCCCn2cc(C[C@@H](C)C(=O)N[C@H](CC(C)C)C(=O)CC(Cc3ccccc3)C(C)=O)nn2)C(=O)O)C(=C)N)cc1. The van der Waals surface area contributed by atoms with Gasteiger partial charge in [-0.05, 0) is 113 Å². The maximum absolute atomic E-state index is 14.2. The molecule has 3 aromatic rings. The van der Waals surface area contributed by atoms with E-state index in [1.165, 1.54) is 6.92 Å². The smallest absolute Gasteiger partial charge is 0.326 e. The fourth-order valence-corrected chi connectivity index (χ4v) is 9.50. The van der Waals surface area contributed by atoms with Crippen molar-refractivity contribution >= 4 is 52.6 Å². The third-order valence-electron chi connectivity index (χ3n) is 14.7. The molecular formula is C61H89N7O10. The first-order valence-corrected chi connectivity index (χ1v) is 27.9. The van der Waals surface area contributed by atoms with Gasteiger partial charge in [0.15, 0.2) is 5.78 Å². The lowest BCUT2D eigenvalue weighted by molar-refractivity contribution is -0.143. The average Bonchev–Trinajstić information content (AvgIpc) is 3.84. The van der Waals surface area contributed by atoms with Crippen LogP contribution in [0.25, 0.3) is 0 Å². The van der Waals surface area contributed by atoms with Gasteiger partial charge in [-0.15, -0.1) is 5.10 Å². The number of carbonyl (C=O) groups is 8. The molecule has 0 aliphatic heterocycles. The second-order valence-corrected chi connectivity index (χ2v) is 22.1. The first-order valence-electron chi connectivity index (χ1n) is 27.9. The third-order valence-corrected chi connectivity index (χ3v) is 14.7. The molecule has 0 fully saturated rings. The van der Waals surface area contributed by atoms with Crippen LogP contribution in [0.1, 0.15) is 156 Å². The fraction of sp³-hybridized carbons (Fsp3) is 0.574. The fourth-order valence-electron chi connectivity index (χ4n) is 9.50. The Morgan fingerprint density at radius 3 is 1.88 bits per heavy atom. The Bertz CT molecular complexity index is 2470. The zero-order valence-corrected chi connectivity index (χ0v) is 47.6. The first-order chi connectivity index (χ1) is 36.9. The number of rotatable bonds is 40. The molecule has 0 radical (unpaired) electrons. The summed E-state index contributed by atoms with van der Waals surface area (Å²) in [5, 5.41) is 33.5. The molecule has 17 nitrogen and oxygen atoms in total. The number of anilines is 1. The number of allylic oxidation sites excluding steroid dienone is 1. The molecule has 2 unspecified atom stereocenters. The van der Waals surface area contributed by atoms with E-state index in [4.69, 9.17) is 5.73 Å². The molecule has 0 bridgehead atoms. The number of hydrogen-bond acceptors (Lipinski definition) is 12. The second kappa shape index (κ2) is 33.5. The second-order valence-electron chi connectivity index (χ2n) is 22.1. The molecule has 2 amide bonds. The molecule has 8 atom stereocenters. The van der Waals surface area contributed by atoms with Crippen LogP contribution < -0.4 is 21.3 Å². The van der Waals surface area contributed by atoms with Crippen LogP contribution in [0, 0.1) is 41.4 Å². The number of benzene rings is 2. The number of Topliss-reactive ketones (excluding diaryl/α,β-unsaturated/α-hetero) is 4. The first kappa shape index (κ1) is 65.5. The number of hydrogen-bond donors (Lipinski definition) is 5. The van der Waals surface area contributed by atoms with Gasteiger partial charge in [0.25, 0.3) is 0 Å². The summed E-state index contributed by atoms with van der Waals surface area (Å²) in [5.41, 5.74) is 10.8. The van der Waals surface area contributed by atoms with E-state index in [2.05, 4.69) is 41.0 Å². The van der Waals surface area contributed by atoms with Crippen LogP contribution in [0.5, 0.6) is 0 Å². The molecule has 0 saturated heterocycles. The molecule has 0 aliphatic rings. The van der Waals surface area contributed by atoms with Crippen LogP contribution in [0.2, 0.25) is 0 Å². The lowest BCUT2D eigenvalue weighted by Gasteiger charge is -2.26. The number of carboxylic acid groups (broad SMARTS) is 2. The van der Waals surface area contributed by atoms with Crippen molar-refractivity contribution < 1.29 is 48.6 Å². The Labute approximate surface area is 462 Å². The number of aliphatic carboxylic acids is 2. The van der Waals surface area contributed by atoms with Crippen molar-refractivity contribution in [3.8, 4) is 0 Å². The number of nitrogens with two attached hydrogens (primary N) is 1. The van der Waals surface area contributed by atoms with E-state index in [-0.39, 0.29) is 86.3 Å². The van der Waals surface area contributed by atoms with Gasteiger partial charge in [0.1, 0.15) is 23.4 Å². The van der Waals surface area contributed by atoms with Crippen LogP contribution >= 0.6 is 0 Å². The largest absolute Gasteiger partial charge is 0.481 e. The Balaban J connectivity index is 1.61. The molecule has 3 rings (SSSR count). The van der Waals surface area contributed by atoms with Gasteiger partial charge in [-0.1, -0.05) is 114 Å². The van der Waals surface area contributed by atoms with Gasteiger partial charge in [0.2, 0.25) is 11.8 Å². The molecule has 0 saturated carbocycles. The van der Waals surface area contributed by atoms with E-state index < -0.39 is 59.5 Å². The van der Waals surface area contributed by atoms with Crippen LogP contribution in [-0.4, -0.2) is 90.7 Å². The maximum Gasteiger partial charge on any atom is 0.326 e. The quantitative estimate of drug-likeness (QED) is 0.0263. The van der Waals surface area contributed by atoms with Crippen molar-refractivity contribution in [1.82, 2.24) is 25.6 Å². The van der Waals surface area contributed by atoms with Crippen LogP contribution in [0.3, 0.4) is 0 Å². The minimum atomic E-state index is -1.23. The molecule has 428 valence electrons. The summed E-state index contributed by atoms with van der Waals surface area (Å²) < 4.78 is 1.61. The Hall–Kier alpha value is -6.78. The van der Waals surface area contributed by atoms with Crippen LogP contribution in [0.15, 0.2) is 85.3 Å². The number of aryl methyl sites for hydroxylation is 1. The van der Waals surface area contributed by atoms with Crippen molar-refractivity contribution in [1.29, 1.82) is 0 Å². The van der Waals surface area contributed by atoms with E-state index in [0.29, 0.717) is 75.5 Å². The summed E-state index contributed by atoms with van der Waals surface area (Å²) in [5.74, 6) is -6.45. The summed E-state index contributed by atoms with van der Waals surface area (Å²) in [6.07, 6.45) is 5.90. The number of amides is 2. The normalized spacial score (nSPS) is 14.4. The van der Waals surface area contributed by atoms with Crippen molar-refractivity contribution in [2.45, 2.75) is 177 Å². The van der Waals surface area contributed by atoms with Gasteiger partial charge in [0.05, 0.1) is 17.6 Å². The molecule has 17 heteroatoms. The highest BCUT2D eigenvalue weighted by atomic mass is 16.4. The minimum Gasteiger partial charge on any atom is -0.481 e. The van der Waals surface area contributed by atoms with E-state index in [1.54, 1.807) is 24.7 Å². The van der Waals surface area contributed by atoms with Gasteiger partial charge in [-0.3, -0.25) is 38.2 Å². The number of nitrogens with zero attached hydrogens (tertiary/aromatic N) is 4. The standard InChI is InChI=1S/C61H89N7O10/c1-11-18-49(36-56(71)48(35-55(70)41(6)23-28-58(73)74)21-17-30-68(45(10)62)52-26-24-47(25-27-52)32-42(7)40(4)5)60(76)63-53(61(77)78)22-15-16-29-67-38-51(65-66-67)33-43(8)59(75)64-54(31-39(2)3)57(72)37-50(44(9)69)34-46-19-13-12-14-20-46/h12-14,19-20,24-27,38-39,41-43,48-50,53-54H,4,10-11,15-18,21-23,28-37,62H2,1-3,5-9H3,(H,63,76)(H,64,75)(H,73,74)(H,77,78)/t41-,42-,43+,48+,49?,50?,53-,54+/m0/s1. The van der Waals surface area contributed by atoms with Gasteiger partial charge in [-0.2, -0.15) is 0 Å². The average molecular weight is 1080 g/mol. The van der Waals surface area contributed by atoms with E-state index in [9.17, 15) is 48.6 Å². The van der Waals surface area contributed by atoms with Crippen molar-refractivity contribution in [2.24, 2.45) is 47.2 Å². The Morgan fingerprint density at radius 1 is 0.667 bits per heavy atom. The topological polar surface area (TPSA) is 261 Å². The molecule has 6 N–H and O–H groups in total. The summed E-state index contributed by atoms with van der Waals surface area (Å²) in [7, 11) is 0. The molecule has 2 aromatic carbocycles. The lowest BCUT2D eigenvalue weighted by atomic mass is 9.83. The van der Waals surface area contributed by atoms with Gasteiger partial charge < -0.3 is 31.5 Å². The summed E-state index contributed by atoms with van der Waals surface area (Å²) in [6, 6.07) is 15.5. The summed E-state index contributed by atoms with van der Waals surface area (Å²) >= 11 is 0. The Morgan fingerprint density at radius 2 is 1.29 bits per heavy atom. The maximum atomic E-state index is 14.2. The lowest BCUT2D eigenvalue weighted by Crippen LogP contribution is -2.45. The van der Waals surface area contributed by atoms with E-state index >= 15 is 0 Å². The van der Waals surface area contributed by atoms with Crippen LogP contribution in [-0.2, 0) is 64.2 Å². The Kier molecular flexibility index (Phi) is 28.1. The predicted molar refractivity (Wildman–Crippen MR) is 303 cm³/mol. The molecule has 1 aromatic heterocycles. The highest BCUT2D eigenvalue weighted by molar-refractivity contribution is 5.94. The summed E-state index contributed by atoms with van der Waals surface area (Å²) in [4.78, 5) is 107. The minimum absolute atomic E-state index is 0.0252. The molecular weight excluding hydrogens is 991 g/mol. The van der Waals surface area contributed by atoms with Crippen molar-refractivity contribution in [3.05, 3.63) is 102 Å². The monoisotopic (exact) mass is 1080 g/mol. The van der Waals surface area contributed by atoms with E-state index in [1.807, 2.05) is 87.2 Å². The molecule has 78 heavy (non-hydrogen) atoms. The number of ketones is 4. The van der Waals surface area contributed by atoms with Gasteiger partial charge in [0, 0.05) is 86.7 Å². The zero-order valence-electron chi connectivity index (χ0n) is 47.6. The number of aromatic nitrogens is 3. The molecule has 0 aliphatic carbocycles. The van der Waals surface area contributed by atoms with Crippen molar-refractivity contribution in [2.75, 3.05) is 11.4 Å². The van der Waals surface area contributed by atoms with Crippen molar-refractivity contribution in [3.63, 3.8) is 0 Å². The highest BCUT2D eigenvalue weighted by Crippen LogP contribution is 2.27. The molecule has 1 heterocycles. The van der Waals surface area contributed by atoms with E-state index in [0.717, 1.165) is 28.8 Å². The highest BCUT2D eigenvalue weighted by Gasteiger charge is 2.32. The third kappa shape index (κ3) is 23.4. The molecule has 0 spiro atoms. The number of nitrogens with one attached hydrogen (secondary N) is 2. The number of carboxylic acids is 2.